The highest BCUT2D eigenvalue weighted by Crippen LogP contribution is 2.14. The lowest BCUT2D eigenvalue weighted by Gasteiger charge is -2.16. The van der Waals surface area contributed by atoms with Crippen LogP contribution < -0.4 is 15.4 Å². The van der Waals surface area contributed by atoms with Crippen molar-refractivity contribution < 1.29 is 9.47 Å². The highest BCUT2D eigenvalue weighted by Gasteiger charge is 2.03. The Labute approximate surface area is 216 Å². The van der Waals surface area contributed by atoms with Gasteiger partial charge in [0, 0.05) is 45.5 Å². The summed E-state index contributed by atoms with van der Waals surface area (Å²) in [4.78, 5) is 6.92. The van der Waals surface area contributed by atoms with Crippen molar-refractivity contribution in [2.24, 2.45) is 4.99 Å². The fraction of sp³-hybridized carbons (Fsp3) is 0.583. The van der Waals surface area contributed by atoms with Crippen LogP contribution in [0.15, 0.2) is 35.3 Å². The molecule has 186 valence electrons. The third kappa shape index (κ3) is 11.7. The quantitative estimate of drug-likeness (QED) is 0.157. The predicted octanol–water partition coefficient (Wildman–Crippen LogP) is 3.22. The van der Waals surface area contributed by atoms with E-state index >= 15 is 0 Å². The Morgan fingerprint density at radius 2 is 1.94 bits per heavy atom. The van der Waals surface area contributed by atoms with Gasteiger partial charge in [0.05, 0.1) is 18.8 Å². The Hall–Kier alpha value is -1.85. The van der Waals surface area contributed by atoms with E-state index < -0.39 is 0 Å². The number of halogens is 1. The smallest absolute Gasteiger partial charge is 0.191 e. The highest BCUT2D eigenvalue weighted by atomic mass is 127. The Balaban J connectivity index is 0.00000544. The first kappa shape index (κ1) is 29.2. The van der Waals surface area contributed by atoms with Gasteiger partial charge >= 0.3 is 0 Å². The number of guanidine groups is 1. The zero-order valence-corrected chi connectivity index (χ0v) is 23.1. The van der Waals surface area contributed by atoms with Crippen LogP contribution in [0.4, 0.5) is 0 Å². The molecule has 9 heteroatoms. The maximum Gasteiger partial charge on any atom is 0.191 e. The van der Waals surface area contributed by atoms with Crippen molar-refractivity contribution in [3.05, 3.63) is 47.3 Å². The summed E-state index contributed by atoms with van der Waals surface area (Å²) < 4.78 is 13.1. The number of ether oxygens (including phenoxy) is 2. The number of aryl methyl sites for hydroxylation is 3. The molecule has 2 N–H and O–H groups in total. The molecule has 0 atom stereocenters. The summed E-state index contributed by atoms with van der Waals surface area (Å²) in [7, 11) is 3.79. The summed E-state index contributed by atoms with van der Waals surface area (Å²) >= 11 is 0. The summed E-state index contributed by atoms with van der Waals surface area (Å²) in [5, 5.41) is 11.2. The van der Waals surface area contributed by atoms with Crippen molar-refractivity contribution >= 4 is 29.9 Å². The molecule has 0 bridgehead atoms. The molecule has 0 unspecified atom stereocenters. The van der Waals surface area contributed by atoms with E-state index in [9.17, 15) is 0 Å². The van der Waals surface area contributed by atoms with E-state index in [0.717, 1.165) is 68.7 Å². The molecule has 8 nitrogen and oxygen atoms in total. The van der Waals surface area contributed by atoms with Crippen LogP contribution in [0.3, 0.4) is 0 Å². The van der Waals surface area contributed by atoms with Crippen molar-refractivity contribution in [3.63, 3.8) is 0 Å². The largest absolute Gasteiger partial charge is 0.492 e. The maximum atomic E-state index is 5.91. The van der Waals surface area contributed by atoms with Crippen molar-refractivity contribution in [2.75, 3.05) is 53.6 Å². The number of benzene rings is 1. The molecule has 0 aliphatic rings. The molecule has 0 saturated carbocycles. The van der Waals surface area contributed by atoms with Gasteiger partial charge in [-0.05, 0) is 58.0 Å². The number of hydrogen-bond acceptors (Lipinski definition) is 5. The van der Waals surface area contributed by atoms with Crippen molar-refractivity contribution in [1.82, 2.24) is 25.3 Å². The minimum Gasteiger partial charge on any atom is -0.492 e. The molecule has 0 aliphatic carbocycles. The van der Waals surface area contributed by atoms with Gasteiger partial charge in [0.2, 0.25) is 0 Å². The van der Waals surface area contributed by atoms with Crippen LogP contribution in [0.5, 0.6) is 5.75 Å². The lowest BCUT2D eigenvalue weighted by molar-refractivity contribution is 0.150. The lowest BCUT2D eigenvalue weighted by atomic mass is 10.2. The number of nitrogens with zero attached hydrogens (tertiary/aromatic N) is 4. The van der Waals surface area contributed by atoms with Gasteiger partial charge in [0.15, 0.2) is 5.96 Å². The third-order valence-electron chi connectivity index (χ3n) is 5.02. The normalized spacial score (nSPS) is 11.4. The van der Waals surface area contributed by atoms with Gasteiger partial charge in [0.1, 0.15) is 12.4 Å². The van der Waals surface area contributed by atoms with Crippen LogP contribution in [0.1, 0.15) is 30.3 Å². The van der Waals surface area contributed by atoms with E-state index in [1.807, 2.05) is 19.1 Å². The number of aromatic nitrogens is 2. The van der Waals surface area contributed by atoms with Gasteiger partial charge in [-0.3, -0.25) is 4.68 Å². The van der Waals surface area contributed by atoms with Crippen LogP contribution in [-0.2, 0) is 17.8 Å². The van der Waals surface area contributed by atoms with Crippen LogP contribution in [-0.4, -0.2) is 74.2 Å². The average molecular weight is 573 g/mol. The Kier molecular flexibility index (Phi) is 14.8. The van der Waals surface area contributed by atoms with Crippen LogP contribution in [0.2, 0.25) is 0 Å². The molecule has 33 heavy (non-hydrogen) atoms. The average Bonchev–Trinajstić information content (AvgIpc) is 3.10. The zero-order chi connectivity index (χ0) is 23.2. The van der Waals surface area contributed by atoms with E-state index in [1.165, 1.54) is 5.69 Å². The number of methoxy groups -OCH3 is 1. The Morgan fingerprint density at radius 1 is 1.15 bits per heavy atom. The van der Waals surface area contributed by atoms with E-state index in [-0.39, 0.29) is 24.0 Å². The SMILES string of the molecule is CCNC(=NCc1cccc(OCCN(C)CCOC)c1)NCCCn1nc(C)cc1C.I. The molecule has 0 fully saturated rings. The first-order chi connectivity index (χ1) is 15.5. The number of rotatable bonds is 14. The van der Waals surface area contributed by atoms with Gasteiger partial charge in [-0.25, -0.2) is 4.99 Å². The van der Waals surface area contributed by atoms with Gasteiger partial charge < -0.3 is 25.0 Å². The van der Waals surface area contributed by atoms with Crippen LogP contribution in [0.25, 0.3) is 0 Å². The molecule has 2 aromatic rings. The predicted molar refractivity (Wildman–Crippen MR) is 146 cm³/mol. The molecule has 1 aromatic heterocycles. The molecule has 0 amide bonds. The van der Waals surface area contributed by atoms with Gasteiger partial charge in [-0.2, -0.15) is 5.10 Å². The van der Waals surface area contributed by atoms with Crippen LogP contribution in [0, 0.1) is 13.8 Å². The highest BCUT2D eigenvalue weighted by molar-refractivity contribution is 14.0. The number of aliphatic imine (C=N–C) groups is 1. The summed E-state index contributed by atoms with van der Waals surface area (Å²) in [5.41, 5.74) is 3.39. The van der Waals surface area contributed by atoms with Crippen LogP contribution >= 0.6 is 24.0 Å². The lowest BCUT2D eigenvalue weighted by Crippen LogP contribution is -2.38. The minimum absolute atomic E-state index is 0. The zero-order valence-electron chi connectivity index (χ0n) is 20.8. The van der Waals surface area contributed by atoms with Gasteiger partial charge in [-0.1, -0.05) is 12.1 Å². The number of nitrogens with one attached hydrogen (secondary N) is 2. The molecule has 1 heterocycles. The topological polar surface area (TPSA) is 75.9 Å². The maximum absolute atomic E-state index is 5.91. The van der Waals surface area contributed by atoms with Gasteiger partial charge in [0.25, 0.3) is 0 Å². The first-order valence-electron chi connectivity index (χ1n) is 11.4. The standard InChI is InChI=1S/C24H40N6O2.HI/c1-6-25-24(26-11-8-12-30-21(3)17-20(2)28-30)27-19-22-9-7-10-23(18-22)32-16-14-29(4)13-15-31-5;/h7,9-10,17-18H,6,8,11-16,19H2,1-5H3,(H2,25,26,27);1H. The van der Waals surface area contributed by atoms with Gasteiger partial charge in [-0.15, -0.1) is 24.0 Å². The minimum atomic E-state index is 0. The van der Waals surface area contributed by atoms with Crippen molar-refractivity contribution in [3.8, 4) is 5.75 Å². The molecule has 2 rings (SSSR count). The molecule has 0 aliphatic heterocycles. The Morgan fingerprint density at radius 3 is 2.64 bits per heavy atom. The monoisotopic (exact) mass is 572 g/mol. The summed E-state index contributed by atoms with van der Waals surface area (Å²) in [6.07, 6.45) is 0.981. The second-order valence-corrected chi connectivity index (χ2v) is 7.92. The van der Waals surface area contributed by atoms with E-state index in [1.54, 1.807) is 7.11 Å². The number of likely N-dealkylation sites (N-methyl/N-ethyl adjacent to an activating group) is 1. The first-order valence-corrected chi connectivity index (χ1v) is 11.4. The van der Waals surface area contributed by atoms with Crippen molar-refractivity contribution in [1.29, 1.82) is 0 Å². The molecule has 0 spiro atoms. The summed E-state index contributed by atoms with van der Waals surface area (Å²) in [5.74, 6) is 1.70. The number of hydrogen-bond donors (Lipinski definition) is 2. The molecule has 0 saturated heterocycles. The fourth-order valence-corrected chi connectivity index (χ4v) is 3.26. The second-order valence-electron chi connectivity index (χ2n) is 7.92. The van der Waals surface area contributed by atoms with E-state index in [0.29, 0.717) is 13.2 Å². The molecule has 0 radical (unpaired) electrons. The Bertz CT molecular complexity index is 827. The van der Waals surface area contributed by atoms with E-state index in [2.05, 4.69) is 64.4 Å². The van der Waals surface area contributed by atoms with Crippen molar-refractivity contribution in [2.45, 2.75) is 40.3 Å². The fourth-order valence-electron chi connectivity index (χ4n) is 3.26. The summed E-state index contributed by atoms with van der Waals surface area (Å²) in [6.45, 7) is 12.5. The molecular weight excluding hydrogens is 531 g/mol. The third-order valence-corrected chi connectivity index (χ3v) is 5.02. The second kappa shape index (κ2) is 16.7. The molecule has 1 aromatic carbocycles. The summed E-state index contributed by atoms with van der Waals surface area (Å²) in [6, 6.07) is 10.3. The van der Waals surface area contributed by atoms with E-state index in [4.69, 9.17) is 14.5 Å². The molecular formula is C24H41IN6O2.